The van der Waals surface area contributed by atoms with Gasteiger partial charge in [-0.05, 0) is 6.92 Å². The van der Waals surface area contributed by atoms with E-state index in [0.29, 0.717) is 6.54 Å². The van der Waals surface area contributed by atoms with Gasteiger partial charge >= 0.3 is 12.0 Å². The number of amides is 2. The number of carbonyl (C=O) groups excluding carboxylic acids is 1. The number of nitrogens with one attached hydrogen (secondary N) is 2. The summed E-state index contributed by atoms with van der Waals surface area (Å²) in [5.41, 5.74) is 0.351. The molecule has 5 N–H and O–H groups in total. The summed E-state index contributed by atoms with van der Waals surface area (Å²) >= 11 is 0. The van der Waals surface area contributed by atoms with Crippen LogP contribution < -0.4 is 15.5 Å². The number of imidazole rings is 1. The van der Waals surface area contributed by atoms with Gasteiger partial charge in [-0.3, -0.25) is 14.7 Å². The first-order valence-electron chi connectivity index (χ1n) is 9.03. The molecule has 2 unspecified atom stereocenters. The summed E-state index contributed by atoms with van der Waals surface area (Å²) in [6.07, 6.45) is -4.37. The fourth-order valence-electron chi connectivity index (χ4n) is 2.94. The molecule has 0 radical (unpaired) electrons. The minimum atomic E-state index is -4.70. The van der Waals surface area contributed by atoms with Crippen LogP contribution in [-0.4, -0.2) is 84.5 Å². The van der Waals surface area contributed by atoms with Crippen LogP contribution in [0.4, 0.5) is 10.6 Å². The van der Waals surface area contributed by atoms with Gasteiger partial charge in [0, 0.05) is 6.54 Å². The predicted molar refractivity (Wildman–Crippen MR) is 100 cm³/mol. The SMILES string of the molecule is CCNC(=O)Nc1ncnc2c1ncn2[C@@H]1O[C@H](COP(=O)([O-])CC(=O)O)C(O)[C@@H]1O. The highest BCUT2D eigenvalue weighted by molar-refractivity contribution is 7.52. The number of aliphatic hydroxyl groups excluding tert-OH is 2. The number of aromatic nitrogens is 4. The van der Waals surface area contributed by atoms with Crippen molar-refractivity contribution in [1.29, 1.82) is 0 Å². The third kappa shape index (κ3) is 5.15. The molecule has 170 valence electrons. The van der Waals surface area contributed by atoms with Crippen molar-refractivity contribution < 1.29 is 43.6 Å². The Morgan fingerprint density at radius 1 is 1.32 bits per heavy atom. The maximum Gasteiger partial charge on any atom is 0.320 e. The van der Waals surface area contributed by atoms with E-state index in [0.717, 1.165) is 6.33 Å². The number of urea groups is 1. The Morgan fingerprint density at radius 3 is 2.74 bits per heavy atom. The number of hydrogen-bond donors (Lipinski definition) is 5. The van der Waals surface area contributed by atoms with E-state index in [-0.39, 0.29) is 17.0 Å². The molecule has 5 atom stereocenters. The molecule has 0 aliphatic carbocycles. The van der Waals surface area contributed by atoms with Crippen molar-refractivity contribution in [2.75, 3.05) is 24.6 Å². The number of ether oxygens (including phenoxy) is 1. The van der Waals surface area contributed by atoms with Crippen molar-refractivity contribution in [2.45, 2.75) is 31.5 Å². The molecule has 1 saturated heterocycles. The second kappa shape index (κ2) is 9.21. The number of anilines is 1. The van der Waals surface area contributed by atoms with Gasteiger partial charge in [-0.15, -0.1) is 0 Å². The normalized spacial score (nSPS) is 25.3. The first-order chi connectivity index (χ1) is 14.6. The van der Waals surface area contributed by atoms with E-state index in [1.165, 1.54) is 10.9 Å². The van der Waals surface area contributed by atoms with Crippen molar-refractivity contribution in [2.24, 2.45) is 0 Å². The third-order valence-corrected chi connectivity index (χ3v) is 5.50. The molecule has 0 spiro atoms. The number of rotatable bonds is 8. The minimum absolute atomic E-state index is 0.101. The summed E-state index contributed by atoms with van der Waals surface area (Å²) in [6.45, 7) is 1.43. The Morgan fingerprint density at radius 2 is 2.06 bits per heavy atom. The zero-order valence-electron chi connectivity index (χ0n) is 16.1. The quantitative estimate of drug-likeness (QED) is 0.277. The summed E-state index contributed by atoms with van der Waals surface area (Å²) in [6, 6.07) is -0.509. The summed E-state index contributed by atoms with van der Waals surface area (Å²) in [4.78, 5) is 46.0. The molecule has 1 aliphatic rings. The predicted octanol–water partition coefficient (Wildman–Crippen LogP) is -1.76. The average Bonchev–Trinajstić information content (AvgIpc) is 3.22. The van der Waals surface area contributed by atoms with Gasteiger partial charge in [-0.1, -0.05) is 0 Å². The van der Waals surface area contributed by atoms with E-state index in [9.17, 15) is 29.3 Å². The van der Waals surface area contributed by atoms with Crippen molar-refractivity contribution in [3.63, 3.8) is 0 Å². The van der Waals surface area contributed by atoms with E-state index in [1.54, 1.807) is 6.92 Å². The lowest BCUT2D eigenvalue weighted by Gasteiger charge is -2.24. The first kappa shape index (κ1) is 23.0. The van der Waals surface area contributed by atoms with Gasteiger partial charge < -0.3 is 39.4 Å². The van der Waals surface area contributed by atoms with Crippen molar-refractivity contribution in [3.05, 3.63) is 12.7 Å². The van der Waals surface area contributed by atoms with Crippen molar-refractivity contribution >= 4 is 36.6 Å². The standard InChI is InChI=1S/C15H21N6O9P/c1-2-16-15(26)20-12-9-13(18-5-17-12)21(6-19-9)14-11(25)10(24)7(30-14)3-29-31(27,28)4-8(22)23/h5-7,10-11,14,24-25H,2-4H2,1H3,(H,22,23)(H,27,28)(H2,16,17,18,20,26)/p-1/t7-,10?,11+,14-/m1/s1. The van der Waals surface area contributed by atoms with E-state index >= 15 is 0 Å². The highest BCUT2D eigenvalue weighted by Gasteiger charge is 2.45. The number of carbonyl (C=O) groups is 2. The van der Waals surface area contributed by atoms with Gasteiger partial charge in [0.05, 0.1) is 12.9 Å². The molecule has 2 amide bonds. The Balaban J connectivity index is 1.77. The molecule has 2 aromatic heterocycles. The van der Waals surface area contributed by atoms with E-state index in [2.05, 4.69) is 30.1 Å². The lowest BCUT2D eigenvalue weighted by molar-refractivity contribution is -0.202. The van der Waals surface area contributed by atoms with Crippen LogP contribution >= 0.6 is 7.60 Å². The number of carboxylic acid groups (broad SMARTS) is 1. The summed E-state index contributed by atoms with van der Waals surface area (Å²) in [7, 11) is -4.70. The van der Waals surface area contributed by atoms with Crippen molar-refractivity contribution in [3.8, 4) is 0 Å². The highest BCUT2D eigenvalue weighted by Crippen LogP contribution is 2.39. The van der Waals surface area contributed by atoms with Crippen LogP contribution in [-0.2, 0) is 18.6 Å². The van der Waals surface area contributed by atoms with Crippen LogP contribution in [0.3, 0.4) is 0 Å². The molecule has 0 saturated carbocycles. The molecule has 3 heterocycles. The summed E-state index contributed by atoms with van der Waals surface area (Å²) in [5, 5.41) is 34.2. The molecular formula is C15H20N6O9P-. The second-order valence-corrected chi connectivity index (χ2v) is 8.33. The summed E-state index contributed by atoms with van der Waals surface area (Å²) in [5.74, 6) is -1.49. The lowest BCUT2D eigenvalue weighted by Crippen LogP contribution is -2.34. The highest BCUT2D eigenvalue weighted by atomic mass is 31.2. The Kier molecular flexibility index (Phi) is 6.83. The zero-order valence-corrected chi connectivity index (χ0v) is 17.0. The monoisotopic (exact) mass is 459 g/mol. The molecular weight excluding hydrogens is 439 g/mol. The fraction of sp³-hybridized carbons (Fsp3) is 0.533. The largest absolute Gasteiger partial charge is 0.778 e. The average molecular weight is 459 g/mol. The molecule has 3 rings (SSSR count). The number of aliphatic hydroxyl groups is 2. The maximum atomic E-state index is 11.8. The number of aliphatic carboxylic acids is 1. The van der Waals surface area contributed by atoms with E-state index in [1.807, 2.05) is 0 Å². The van der Waals surface area contributed by atoms with Gasteiger partial charge in [-0.2, -0.15) is 0 Å². The molecule has 0 bridgehead atoms. The molecule has 16 heteroatoms. The first-order valence-corrected chi connectivity index (χ1v) is 10.8. The molecule has 1 fully saturated rings. The Hall–Kier alpha value is -2.68. The molecule has 31 heavy (non-hydrogen) atoms. The van der Waals surface area contributed by atoms with Gasteiger partial charge in [-0.25, -0.2) is 19.7 Å². The second-order valence-electron chi connectivity index (χ2n) is 6.54. The summed E-state index contributed by atoms with van der Waals surface area (Å²) < 4.78 is 23.0. The zero-order chi connectivity index (χ0) is 22.8. The van der Waals surface area contributed by atoms with Crippen molar-refractivity contribution in [1.82, 2.24) is 24.8 Å². The van der Waals surface area contributed by atoms with Crippen LogP contribution in [0.5, 0.6) is 0 Å². The topological polar surface area (TPSA) is 221 Å². The maximum absolute atomic E-state index is 11.8. The number of carboxylic acids is 1. The molecule has 15 nitrogen and oxygen atoms in total. The Bertz CT molecular complexity index is 1020. The van der Waals surface area contributed by atoms with Crippen LogP contribution in [0.1, 0.15) is 13.2 Å². The third-order valence-electron chi connectivity index (χ3n) is 4.30. The molecule has 0 aromatic carbocycles. The molecule has 1 aliphatic heterocycles. The van der Waals surface area contributed by atoms with Gasteiger partial charge in [0.2, 0.25) is 0 Å². The number of fused-ring (bicyclic) bond motifs is 1. The lowest BCUT2D eigenvalue weighted by atomic mass is 10.1. The van der Waals surface area contributed by atoms with Crippen LogP contribution in [0.25, 0.3) is 11.2 Å². The van der Waals surface area contributed by atoms with Crippen LogP contribution in [0.15, 0.2) is 12.7 Å². The fourth-order valence-corrected chi connectivity index (χ4v) is 3.73. The van der Waals surface area contributed by atoms with E-state index in [4.69, 9.17) is 9.84 Å². The number of hydrogen-bond acceptors (Lipinski definition) is 11. The van der Waals surface area contributed by atoms with E-state index < -0.39 is 56.9 Å². The van der Waals surface area contributed by atoms with Gasteiger partial charge in [0.15, 0.2) is 23.2 Å². The molecule has 2 aromatic rings. The minimum Gasteiger partial charge on any atom is -0.778 e. The van der Waals surface area contributed by atoms with Crippen LogP contribution in [0, 0.1) is 0 Å². The smallest absolute Gasteiger partial charge is 0.320 e. The van der Waals surface area contributed by atoms with Crippen LogP contribution in [0.2, 0.25) is 0 Å². The van der Waals surface area contributed by atoms with Gasteiger partial charge in [0.1, 0.15) is 38.4 Å². The number of nitrogens with zero attached hydrogens (tertiary/aromatic N) is 4. The Labute approximate surface area is 174 Å². The van der Waals surface area contributed by atoms with Gasteiger partial charge in [0.25, 0.3) is 0 Å².